The Morgan fingerprint density at radius 1 is 1.33 bits per heavy atom. The molecule has 0 spiro atoms. The second kappa shape index (κ2) is 4.55. The first-order chi connectivity index (χ1) is 7.35. The Morgan fingerprint density at radius 2 is 2.20 bits per heavy atom. The summed E-state index contributed by atoms with van der Waals surface area (Å²) in [6.45, 7) is 0.985. The molecular formula is C10H15N3O2. The Labute approximate surface area is 88.4 Å². The van der Waals surface area contributed by atoms with Gasteiger partial charge in [-0.05, 0) is 12.8 Å². The number of hydrogen-bond donors (Lipinski definition) is 2. The maximum Gasteiger partial charge on any atom is 0.147 e. The van der Waals surface area contributed by atoms with Gasteiger partial charge in [-0.3, -0.25) is 4.98 Å². The highest BCUT2D eigenvalue weighted by Crippen LogP contribution is 2.22. The minimum Gasteiger partial charge on any atom is -0.394 e. The molecular weight excluding hydrogens is 194 g/mol. The molecule has 1 unspecified atom stereocenters. The van der Waals surface area contributed by atoms with E-state index >= 15 is 0 Å². The summed E-state index contributed by atoms with van der Waals surface area (Å²) in [6.07, 6.45) is 5.30. The van der Waals surface area contributed by atoms with Crippen molar-refractivity contribution in [3.63, 3.8) is 0 Å². The third kappa shape index (κ3) is 2.08. The quantitative estimate of drug-likeness (QED) is 0.729. The molecule has 1 fully saturated rings. The van der Waals surface area contributed by atoms with Crippen LogP contribution >= 0.6 is 0 Å². The van der Waals surface area contributed by atoms with Crippen LogP contribution in [0.1, 0.15) is 18.5 Å². The van der Waals surface area contributed by atoms with Crippen LogP contribution in [0, 0.1) is 0 Å². The van der Waals surface area contributed by atoms with Gasteiger partial charge in [0.25, 0.3) is 0 Å². The van der Waals surface area contributed by atoms with Gasteiger partial charge >= 0.3 is 0 Å². The third-order valence-electron chi connectivity index (χ3n) is 2.74. The maximum atomic E-state index is 9.17. The van der Waals surface area contributed by atoms with E-state index in [0.717, 1.165) is 25.2 Å². The number of rotatable bonds is 3. The van der Waals surface area contributed by atoms with Crippen molar-refractivity contribution in [1.29, 1.82) is 0 Å². The van der Waals surface area contributed by atoms with E-state index in [9.17, 15) is 0 Å². The van der Waals surface area contributed by atoms with Crippen molar-refractivity contribution < 1.29 is 10.2 Å². The van der Waals surface area contributed by atoms with Gasteiger partial charge in [-0.2, -0.15) is 0 Å². The van der Waals surface area contributed by atoms with Crippen molar-refractivity contribution in [1.82, 2.24) is 9.97 Å². The second-order valence-corrected chi connectivity index (χ2v) is 3.70. The molecule has 0 saturated carbocycles. The summed E-state index contributed by atoms with van der Waals surface area (Å²) in [5.74, 6) is 0.781. The molecule has 2 rings (SSSR count). The van der Waals surface area contributed by atoms with E-state index < -0.39 is 0 Å². The lowest BCUT2D eigenvalue weighted by molar-refractivity contribution is 0.265. The van der Waals surface area contributed by atoms with E-state index in [1.807, 2.05) is 0 Å². The van der Waals surface area contributed by atoms with Crippen LogP contribution in [0.2, 0.25) is 0 Å². The molecule has 82 valence electrons. The van der Waals surface area contributed by atoms with E-state index in [0.29, 0.717) is 5.69 Å². The van der Waals surface area contributed by atoms with Crippen LogP contribution in [0.3, 0.4) is 0 Å². The van der Waals surface area contributed by atoms with E-state index in [2.05, 4.69) is 14.9 Å². The first-order valence-corrected chi connectivity index (χ1v) is 5.14. The van der Waals surface area contributed by atoms with Gasteiger partial charge in [0.15, 0.2) is 0 Å². The number of anilines is 1. The van der Waals surface area contributed by atoms with E-state index in [-0.39, 0.29) is 19.3 Å². The van der Waals surface area contributed by atoms with Crippen LogP contribution in [0.15, 0.2) is 12.4 Å². The summed E-state index contributed by atoms with van der Waals surface area (Å²) in [5, 5.41) is 18.0. The van der Waals surface area contributed by atoms with Crippen LogP contribution in [0.25, 0.3) is 0 Å². The Hall–Kier alpha value is -1.20. The molecule has 1 aliphatic rings. The van der Waals surface area contributed by atoms with Gasteiger partial charge in [0.2, 0.25) is 0 Å². The Morgan fingerprint density at radius 3 is 2.80 bits per heavy atom. The van der Waals surface area contributed by atoms with Crippen LogP contribution in [-0.4, -0.2) is 39.4 Å². The fourth-order valence-electron chi connectivity index (χ4n) is 1.91. The molecule has 0 bridgehead atoms. The van der Waals surface area contributed by atoms with Gasteiger partial charge < -0.3 is 15.1 Å². The highest BCUT2D eigenvalue weighted by molar-refractivity contribution is 5.38. The average Bonchev–Trinajstić information content (AvgIpc) is 2.77. The average molecular weight is 209 g/mol. The van der Waals surface area contributed by atoms with Gasteiger partial charge in [0.05, 0.1) is 37.3 Å². The predicted molar refractivity (Wildman–Crippen MR) is 55.4 cm³/mol. The second-order valence-electron chi connectivity index (χ2n) is 3.70. The molecule has 0 amide bonds. The molecule has 15 heavy (non-hydrogen) atoms. The normalized spacial score (nSPS) is 20.9. The number of hydrogen-bond acceptors (Lipinski definition) is 5. The lowest BCUT2D eigenvalue weighted by Crippen LogP contribution is -2.32. The molecule has 1 saturated heterocycles. The first kappa shape index (κ1) is 10.3. The summed E-state index contributed by atoms with van der Waals surface area (Å²) in [5.41, 5.74) is 0.568. The Balaban J connectivity index is 2.14. The van der Waals surface area contributed by atoms with Crippen molar-refractivity contribution in [2.75, 3.05) is 18.1 Å². The van der Waals surface area contributed by atoms with Gasteiger partial charge in [-0.25, -0.2) is 4.98 Å². The standard InChI is InChI=1S/C10H15N3O2/c14-6-8-4-12-10(5-11-8)13-3-1-2-9(13)7-15/h4-5,9,14-15H,1-3,6-7H2. The van der Waals surface area contributed by atoms with Gasteiger partial charge in [-0.15, -0.1) is 0 Å². The Kier molecular flexibility index (Phi) is 3.13. The molecule has 1 aromatic heterocycles. The van der Waals surface area contributed by atoms with Crippen molar-refractivity contribution >= 4 is 5.82 Å². The summed E-state index contributed by atoms with van der Waals surface area (Å²) in [6, 6.07) is 0.166. The SMILES string of the molecule is OCc1cnc(N2CCCC2CO)cn1. The van der Waals surface area contributed by atoms with Gasteiger partial charge in [0.1, 0.15) is 5.82 Å². The Bertz CT molecular complexity index is 315. The minimum absolute atomic E-state index is 0.0866. The predicted octanol–water partition coefficient (Wildman–Crippen LogP) is -0.0700. The van der Waals surface area contributed by atoms with Crippen LogP contribution in [0.4, 0.5) is 5.82 Å². The molecule has 2 heterocycles. The fraction of sp³-hybridized carbons (Fsp3) is 0.600. The first-order valence-electron chi connectivity index (χ1n) is 5.14. The molecule has 1 atom stereocenters. The van der Waals surface area contributed by atoms with Crippen molar-refractivity contribution in [2.45, 2.75) is 25.5 Å². The molecule has 1 aliphatic heterocycles. The summed E-state index contributed by atoms with van der Waals surface area (Å²) < 4.78 is 0. The molecule has 0 aliphatic carbocycles. The number of aliphatic hydroxyl groups excluding tert-OH is 2. The minimum atomic E-state index is -0.0866. The molecule has 0 radical (unpaired) electrons. The lowest BCUT2D eigenvalue weighted by Gasteiger charge is -2.23. The molecule has 0 aromatic carbocycles. The maximum absolute atomic E-state index is 9.17. The van der Waals surface area contributed by atoms with Crippen LogP contribution < -0.4 is 4.90 Å². The zero-order valence-electron chi connectivity index (χ0n) is 8.50. The number of aliphatic hydroxyl groups is 2. The highest BCUT2D eigenvalue weighted by atomic mass is 16.3. The zero-order chi connectivity index (χ0) is 10.7. The summed E-state index contributed by atoms with van der Waals surface area (Å²) in [4.78, 5) is 10.4. The zero-order valence-corrected chi connectivity index (χ0v) is 8.50. The van der Waals surface area contributed by atoms with Gasteiger partial charge in [0, 0.05) is 6.54 Å². The molecule has 1 aromatic rings. The van der Waals surface area contributed by atoms with Crippen molar-refractivity contribution in [2.24, 2.45) is 0 Å². The molecule has 2 N–H and O–H groups in total. The smallest absolute Gasteiger partial charge is 0.147 e. The van der Waals surface area contributed by atoms with Crippen LogP contribution in [0.5, 0.6) is 0 Å². The lowest BCUT2D eigenvalue weighted by atomic mass is 10.2. The molecule has 5 heteroatoms. The number of nitrogens with zero attached hydrogens (tertiary/aromatic N) is 3. The fourth-order valence-corrected chi connectivity index (χ4v) is 1.91. The van der Waals surface area contributed by atoms with E-state index in [4.69, 9.17) is 10.2 Å². The largest absolute Gasteiger partial charge is 0.394 e. The monoisotopic (exact) mass is 209 g/mol. The summed E-state index contributed by atoms with van der Waals surface area (Å²) >= 11 is 0. The topological polar surface area (TPSA) is 69.5 Å². The third-order valence-corrected chi connectivity index (χ3v) is 2.74. The van der Waals surface area contributed by atoms with Crippen molar-refractivity contribution in [3.8, 4) is 0 Å². The number of aromatic nitrogens is 2. The van der Waals surface area contributed by atoms with Crippen molar-refractivity contribution in [3.05, 3.63) is 18.1 Å². The summed E-state index contributed by atoms with van der Waals surface area (Å²) in [7, 11) is 0. The van der Waals surface area contributed by atoms with E-state index in [1.165, 1.54) is 0 Å². The highest BCUT2D eigenvalue weighted by Gasteiger charge is 2.24. The molecule has 5 nitrogen and oxygen atoms in total. The van der Waals surface area contributed by atoms with Gasteiger partial charge in [-0.1, -0.05) is 0 Å². The van der Waals surface area contributed by atoms with E-state index in [1.54, 1.807) is 12.4 Å². The van der Waals surface area contributed by atoms with Crippen LogP contribution in [-0.2, 0) is 6.61 Å².